The number of allylic oxidation sites excluding steroid dienone is 3. The Morgan fingerprint density at radius 2 is 1.72 bits per heavy atom. The van der Waals surface area contributed by atoms with Crippen LogP contribution in [0.3, 0.4) is 0 Å². The summed E-state index contributed by atoms with van der Waals surface area (Å²) in [6.45, 7) is 10.4. The molecule has 25 heavy (non-hydrogen) atoms. The zero-order chi connectivity index (χ0) is 18.2. The lowest BCUT2D eigenvalue weighted by Crippen LogP contribution is -2.60. The van der Waals surface area contributed by atoms with Gasteiger partial charge in [-0.25, -0.2) is 0 Å². The topological polar surface area (TPSA) is 58.9 Å². The average Bonchev–Trinajstić information content (AvgIpc) is 2.82. The van der Waals surface area contributed by atoms with Crippen LogP contribution in [0.5, 0.6) is 0 Å². The Kier molecular flexibility index (Phi) is 3.66. The van der Waals surface area contributed by atoms with Gasteiger partial charge in [-0.15, -0.1) is 0 Å². The second-order valence-corrected chi connectivity index (χ2v) is 9.50. The molecule has 0 aromatic carbocycles. The number of aliphatic hydroxyl groups is 2. The first-order valence-corrected chi connectivity index (χ1v) is 9.81. The van der Waals surface area contributed by atoms with Gasteiger partial charge in [-0.05, 0) is 52.4 Å². The third-order valence-electron chi connectivity index (χ3n) is 7.32. The zero-order valence-electron chi connectivity index (χ0n) is 16.2. The minimum absolute atomic E-state index is 0.0346. The maximum atomic E-state index is 11.1. The predicted octanol–water partition coefficient (Wildman–Crippen LogP) is 5.16. The van der Waals surface area contributed by atoms with Gasteiger partial charge in [-0.2, -0.15) is 0 Å². The SMILES string of the molecule is CC1=C2/C(O)=C(/O)[C@@H]3CCCC[C@H]3[C@@H]3OC(C)(C)O[C@@]3(CC1)C2(C)C. The van der Waals surface area contributed by atoms with Crippen molar-refractivity contribution < 1.29 is 19.7 Å². The number of hydrogen-bond acceptors (Lipinski definition) is 4. The second-order valence-electron chi connectivity index (χ2n) is 9.50. The molecular formula is C21H32O4. The van der Waals surface area contributed by atoms with Crippen molar-refractivity contribution in [1.29, 1.82) is 0 Å². The van der Waals surface area contributed by atoms with Crippen LogP contribution in [0.4, 0.5) is 0 Å². The highest BCUT2D eigenvalue weighted by molar-refractivity contribution is 5.44. The van der Waals surface area contributed by atoms with E-state index in [1.165, 1.54) is 0 Å². The van der Waals surface area contributed by atoms with E-state index in [9.17, 15) is 10.2 Å². The fourth-order valence-corrected chi connectivity index (χ4v) is 6.25. The first-order chi connectivity index (χ1) is 11.6. The van der Waals surface area contributed by atoms with E-state index >= 15 is 0 Å². The molecule has 0 aromatic rings. The molecular weight excluding hydrogens is 316 g/mol. The van der Waals surface area contributed by atoms with Gasteiger partial charge in [0.25, 0.3) is 0 Å². The van der Waals surface area contributed by atoms with E-state index in [1.54, 1.807) is 0 Å². The molecule has 1 heterocycles. The van der Waals surface area contributed by atoms with Crippen LogP contribution in [-0.2, 0) is 9.47 Å². The van der Waals surface area contributed by atoms with Crippen molar-refractivity contribution in [3.8, 4) is 0 Å². The van der Waals surface area contributed by atoms with Crippen molar-refractivity contribution in [2.75, 3.05) is 0 Å². The molecule has 0 unspecified atom stereocenters. The molecule has 4 nitrogen and oxygen atoms in total. The molecule has 2 bridgehead atoms. The van der Waals surface area contributed by atoms with Crippen molar-refractivity contribution >= 4 is 0 Å². The van der Waals surface area contributed by atoms with E-state index in [0.717, 1.165) is 49.7 Å². The van der Waals surface area contributed by atoms with Gasteiger partial charge in [0.05, 0.1) is 6.10 Å². The largest absolute Gasteiger partial charge is 0.508 e. The summed E-state index contributed by atoms with van der Waals surface area (Å²) < 4.78 is 13.2. The lowest BCUT2D eigenvalue weighted by molar-refractivity contribution is -0.185. The van der Waals surface area contributed by atoms with Crippen molar-refractivity contribution in [3.63, 3.8) is 0 Å². The lowest BCUT2D eigenvalue weighted by atomic mass is 9.54. The fraction of sp³-hybridized carbons (Fsp3) is 0.810. The summed E-state index contributed by atoms with van der Waals surface area (Å²) >= 11 is 0. The molecule has 2 fully saturated rings. The average molecular weight is 348 g/mol. The van der Waals surface area contributed by atoms with Crippen LogP contribution in [0.2, 0.25) is 0 Å². The number of fused-ring (bicyclic) bond motifs is 3. The molecule has 1 saturated carbocycles. The summed E-state index contributed by atoms with van der Waals surface area (Å²) in [5.74, 6) is -0.207. The van der Waals surface area contributed by atoms with Gasteiger partial charge in [0.1, 0.15) is 11.4 Å². The zero-order valence-corrected chi connectivity index (χ0v) is 16.2. The monoisotopic (exact) mass is 348 g/mol. The number of hydrogen-bond donors (Lipinski definition) is 2. The van der Waals surface area contributed by atoms with E-state index < -0.39 is 16.8 Å². The first kappa shape index (κ1) is 17.4. The van der Waals surface area contributed by atoms with Gasteiger partial charge < -0.3 is 19.7 Å². The maximum absolute atomic E-state index is 11.1. The van der Waals surface area contributed by atoms with E-state index in [0.29, 0.717) is 0 Å². The Balaban J connectivity index is 1.99. The van der Waals surface area contributed by atoms with Crippen LogP contribution in [0.15, 0.2) is 22.7 Å². The summed E-state index contributed by atoms with van der Waals surface area (Å²) in [6.07, 6.45) is 5.87. The standard InChI is InChI=1S/C21H32O4/c1-12-10-11-21-18(24-20(4,5)25-21)14-9-7-6-8-13(14)16(22)17(23)15(12)19(21,2)3/h13-14,18,22-23H,6-11H2,1-5H3/b17-16-/t13-,14-,18+,21-/m1/s1. The molecule has 0 aromatic heterocycles. The van der Waals surface area contributed by atoms with Gasteiger partial charge in [0.15, 0.2) is 11.5 Å². The minimum atomic E-state index is -0.643. The highest BCUT2D eigenvalue weighted by Gasteiger charge is 2.67. The Bertz CT molecular complexity index is 657. The molecule has 140 valence electrons. The summed E-state index contributed by atoms with van der Waals surface area (Å²) in [6, 6.07) is 0. The fourth-order valence-electron chi connectivity index (χ4n) is 6.25. The smallest absolute Gasteiger partial charge is 0.164 e. The van der Waals surface area contributed by atoms with Gasteiger partial charge in [-0.1, -0.05) is 32.3 Å². The highest BCUT2D eigenvalue weighted by Crippen LogP contribution is 2.62. The van der Waals surface area contributed by atoms with Gasteiger partial charge in [0, 0.05) is 16.9 Å². The third kappa shape index (κ3) is 2.19. The Labute approximate surface area is 150 Å². The number of ether oxygens (including phenoxy) is 2. The minimum Gasteiger partial charge on any atom is -0.508 e. The normalized spacial score (nSPS) is 45.4. The van der Waals surface area contributed by atoms with Crippen molar-refractivity contribution in [1.82, 2.24) is 0 Å². The van der Waals surface area contributed by atoms with Crippen molar-refractivity contribution in [2.24, 2.45) is 17.3 Å². The van der Waals surface area contributed by atoms with Crippen molar-refractivity contribution in [3.05, 3.63) is 22.7 Å². The molecule has 1 aliphatic heterocycles. The molecule has 1 saturated heterocycles. The van der Waals surface area contributed by atoms with Crippen LogP contribution in [0.25, 0.3) is 0 Å². The second kappa shape index (κ2) is 5.26. The number of rotatable bonds is 0. The molecule has 4 rings (SSSR count). The van der Waals surface area contributed by atoms with Crippen LogP contribution < -0.4 is 0 Å². The van der Waals surface area contributed by atoms with Crippen LogP contribution >= 0.6 is 0 Å². The summed E-state index contributed by atoms with van der Waals surface area (Å²) in [5.41, 5.74) is 1.14. The number of aliphatic hydroxyl groups excluding tert-OH is 2. The highest BCUT2D eigenvalue weighted by atomic mass is 16.8. The third-order valence-corrected chi connectivity index (χ3v) is 7.32. The molecule has 0 amide bonds. The Hall–Kier alpha value is -1.00. The molecule has 2 N–H and O–H groups in total. The predicted molar refractivity (Wildman–Crippen MR) is 96.2 cm³/mol. The Morgan fingerprint density at radius 3 is 2.44 bits per heavy atom. The quantitative estimate of drug-likeness (QED) is 0.635. The molecule has 1 spiro atoms. The van der Waals surface area contributed by atoms with Crippen LogP contribution in [0.1, 0.15) is 73.1 Å². The van der Waals surface area contributed by atoms with Gasteiger partial charge >= 0.3 is 0 Å². The van der Waals surface area contributed by atoms with Crippen LogP contribution in [0, 0.1) is 17.3 Å². The van der Waals surface area contributed by atoms with E-state index in [1.807, 2.05) is 13.8 Å². The Morgan fingerprint density at radius 1 is 1.04 bits per heavy atom. The van der Waals surface area contributed by atoms with Crippen LogP contribution in [-0.4, -0.2) is 27.7 Å². The molecule has 4 heteroatoms. The molecule has 4 atom stereocenters. The maximum Gasteiger partial charge on any atom is 0.164 e. The summed E-state index contributed by atoms with van der Waals surface area (Å²) in [5, 5.41) is 22.0. The van der Waals surface area contributed by atoms with Gasteiger partial charge in [-0.3, -0.25) is 0 Å². The summed E-state index contributed by atoms with van der Waals surface area (Å²) in [7, 11) is 0. The van der Waals surface area contributed by atoms with E-state index in [2.05, 4.69) is 20.8 Å². The van der Waals surface area contributed by atoms with E-state index in [-0.39, 0.29) is 29.5 Å². The molecule has 0 radical (unpaired) electrons. The van der Waals surface area contributed by atoms with E-state index in [4.69, 9.17) is 9.47 Å². The van der Waals surface area contributed by atoms with Gasteiger partial charge in [0.2, 0.25) is 0 Å². The lowest BCUT2D eigenvalue weighted by Gasteiger charge is -2.54. The first-order valence-electron chi connectivity index (χ1n) is 9.81. The molecule has 4 aliphatic rings. The summed E-state index contributed by atoms with van der Waals surface area (Å²) in [4.78, 5) is 0. The molecule has 3 aliphatic carbocycles. The van der Waals surface area contributed by atoms with Crippen molar-refractivity contribution in [2.45, 2.75) is 90.6 Å².